The molecule has 1 aliphatic heterocycles. The molecule has 2 heterocycles. The second-order valence-electron chi connectivity index (χ2n) is 7.05. The molecule has 1 aliphatic rings. The lowest BCUT2D eigenvalue weighted by Gasteiger charge is -2.18. The molecule has 0 spiro atoms. The highest BCUT2D eigenvalue weighted by molar-refractivity contribution is 5.94. The SMILES string of the molecule is CCn1c(C)ccc(C(=O)N2CC[C@H](Cc3cccc(C(=O)O)c3)C2)c1=O. The molecule has 6 heteroatoms. The van der Waals surface area contributed by atoms with Crippen LogP contribution in [0.25, 0.3) is 0 Å². The van der Waals surface area contributed by atoms with E-state index in [0.29, 0.717) is 19.6 Å². The molecular formula is C21H24N2O4. The van der Waals surface area contributed by atoms with Gasteiger partial charge in [-0.25, -0.2) is 4.79 Å². The van der Waals surface area contributed by atoms with E-state index in [1.165, 1.54) is 0 Å². The standard InChI is InChI=1S/C21H24N2O4/c1-3-23-14(2)7-8-18(20(23)25)19(24)22-10-9-16(13-22)11-15-5-4-6-17(12-15)21(26)27/h4-8,12,16H,3,9-11,13H2,1-2H3,(H,26,27)/t16-/m1/s1. The summed E-state index contributed by atoms with van der Waals surface area (Å²) in [6.07, 6.45) is 1.56. The van der Waals surface area contributed by atoms with Crippen molar-refractivity contribution in [3.05, 3.63) is 69.1 Å². The predicted octanol–water partition coefficient (Wildman–Crippen LogP) is 2.58. The van der Waals surface area contributed by atoms with E-state index in [1.807, 2.05) is 26.0 Å². The third kappa shape index (κ3) is 3.94. The van der Waals surface area contributed by atoms with E-state index in [-0.39, 0.29) is 28.5 Å². The number of aryl methyl sites for hydroxylation is 1. The second-order valence-corrected chi connectivity index (χ2v) is 7.05. The first kappa shape index (κ1) is 18.9. The van der Waals surface area contributed by atoms with Crippen LogP contribution >= 0.6 is 0 Å². The average Bonchev–Trinajstić information content (AvgIpc) is 3.10. The van der Waals surface area contributed by atoms with Crippen LogP contribution in [0, 0.1) is 12.8 Å². The summed E-state index contributed by atoms with van der Waals surface area (Å²) in [5, 5.41) is 9.11. The molecule has 6 nitrogen and oxygen atoms in total. The first-order valence-corrected chi connectivity index (χ1v) is 9.22. The number of aromatic nitrogens is 1. The molecule has 0 radical (unpaired) electrons. The van der Waals surface area contributed by atoms with Crippen molar-refractivity contribution in [3.63, 3.8) is 0 Å². The topological polar surface area (TPSA) is 79.6 Å². The Balaban J connectivity index is 1.71. The first-order valence-electron chi connectivity index (χ1n) is 9.22. The molecule has 1 aromatic heterocycles. The van der Waals surface area contributed by atoms with E-state index < -0.39 is 5.97 Å². The Morgan fingerprint density at radius 3 is 2.70 bits per heavy atom. The molecule has 0 unspecified atom stereocenters. The molecule has 1 saturated heterocycles. The molecule has 1 fully saturated rings. The largest absolute Gasteiger partial charge is 0.478 e. The number of carbonyl (C=O) groups is 2. The molecule has 1 amide bonds. The molecule has 1 atom stereocenters. The number of amides is 1. The van der Waals surface area contributed by atoms with Crippen molar-refractivity contribution >= 4 is 11.9 Å². The normalized spacial score (nSPS) is 16.5. The van der Waals surface area contributed by atoms with E-state index >= 15 is 0 Å². The van der Waals surface area contributed by atoms with Crippen molar-refractivity contribution in [1.29, 1.82) is 0 Å². The van der Waals surface area contributed by atoms with Crippen molar-refractivity contribution in [2.75, 3.05) is 13.1 Å². The molecule has 1 N–H and O–H groups in total. The number of carboxylic acid groups (broad SMARTS) is 1. The molecule has 2 aromatic rings. The zero-order chi connectivity index (χ0) is 19.6. The van der Waals surface area contributed by atoms with Crippen LogP contribution in [0.5, 0.6) is 0 Å². The van der Waals surface area contributed by atoms with Gasteiger partial charge in [0.25, 0.3) is 11.5 Å². The number of likely N-dealkylation sites (tertiary alicyclic amines) is 1. The lowest BCUT2D eigenvalue weighted by atomic mass is 9.97. The van der Waals surface area contributed by atoms with E-state index in [0.717, 1.165) is 24.1 Å². The number of benzene rings is 1. The highest BCUT2D eigenvalue weighted by Gasteiger charge is 2.28. The van der Waals surface area contributed by atoms with Crippen LogP contribution in [0.2, 0.25) is 0 Å². The molecule has 0 saturated carbocycles. The lowest BCUT2D eigenvalue weighted by molar-refractivity contribution is 0.0696. The highest BCUT2D eigenvalue weighted by Crippen LogP contribution is 2.22. The number of carboxylic acids is 1. The van der Waals surface area contributed by atoms with Crippen LogP contribution in [-0.4, -0.2) is 39.5 Å². The summed E-state index contributed by atoms with van der Waals surface area (Å²) < 4.78 is 1.61. The number of carbonyl (C=O) groups excluding carboxylic acids is 1. The number of aromatic carboxylic acids is 1. The Bertz CT molecular complexity index is 932. The van der Waals surface area contributed by atoms with Crippen LogP contribution in [0.15, 0.2) is 41.2 Å². The van der Waals surface area contributed by atoms with Crippen LogP contribution in [0.4, 0.5) is 0 Å². The summed E-state index contributed by atoms with van der Waals surface area (Å²) in [6.45, 7) is 5.47. The van der Waals surface area contributed by atoms with Gasteiger partial charge in [-0.05, 0) is 62.4 Å². The maximum absolute atomic E-state index is 12.8. The van der Waals surface area contributed by atoms with E-state index in [9.17, 15) is 14.4 Å². The van der Waals surface area contributed by atoms with Crippen molar-refractivity contribution in [2.24, 2.45) is 5.92 Å². The van der Waals surface area contributed by atoms with Crippen molar-refractivity contribution < 1.29 is 14.7 Å². The third-order valence-corrected chi connectivity index (χ3v) is 5.21. The van der Waals surface area contributed by atoms with Gasteiger partial charge in [-0.15, -0.1) is 0 Å². The van der Waals surface area contributed by atoms with Gasteiger partial charge in [0.1, 0.15) is 5.56 Å². The van der Waals surface area contributed by atoms with Gasteiger partial charge in [0, 0.05) is 25.3 Å². The first-order chi connectivity index (χ1) is 12.9. The molecule has 142 valence electrons. The van der Waals surface area contributed by atoms with Crippen molar-refractivity contribution in [3.8, 4) is 0 Å². The zero-order valence-corrected chi connectivity index (χ0v) is 15.6. The molecule has 0 bridgehead atoms. The van der Waals surface area contributed by atoms with Crippen LogP contribution in [-0.2, 0) is 13.0 Å². The summed E-state index contributed by atoms with van der Waals surface area (Å²) in [4.78, 5) is 38.2. The van der Waals surface area contributed by atoms with E-state index in [4.69, 9.17) is 5.11 Å². The fraction of sp³-hybridized carbons (Fsp3) is 0.381. The maximum Gasteiger partial charge on any atom is 0.335 e. The van der Waals surface area contributed by atoms with Gasteiger partial charge in [-0.2, -0.15) is 0 Å². The zero-order valence-electron chi connectivity index (χ0n) is 15.6. The van der Waals surface area contributed by atoms with Crippen LogP contribution in [0.3, 0.4) is 0 Å². The van der Waals surface area contributed by atoms with Crippen molar-refractivity contribution in [2.45, 2.75) is 33.2 Å². The Morgan fingerprint density at radius 1 is 1.22 bits per heavy atom. The minimum atomic E-state index is -0.938. The minimum Gasteiger partial charge on any atom is -0.478 e. The number of pyridine rings is 1. The monoisotopic (exact) mass is 368 g/mol. The summed E-state index contributed by atoms with van der Waals surface area (Å²) >= 11 is 0. The van der Waals surface area contributed by atoms with Gasteiger partial charge in [0.05, 0.1) is 5.56 Å². The Labute approximate surface area is 158 Å². The van der Waals surface area contributed by atoms with Gasteiger partial charge in [0.15, 0.2) is 0 Å². The molecular weight excluding hydrogens is 344 g/mol. The fourth-order valence-electron chi connectivity index (χ4n) is 3.75. The molecule has 1 aromatic carbocycles. The number of hydrogen-bond acceptors (Lipinski definition) is 3. The number of nitrogens with zero attached hydrogens (tertiary/aromatic N) is 2. The Hall–Kier alpha value is -2.89. The average molecular weight is 368 g/mol. The summed E-state index contributed by atoms with van der Waals surface area (Å²) in [5.41, 5.74) is 2.06. The van der Waals surface area contributed by atoms with Gasteiger partial charge in [-0.3, -0.25) is 9.59 Å². The number of hydrogen-bond donors (Lipinski definition) is 1. The molecule has 27 heavy (non-hydrogen) atoms. The molecule has 3 rings (SSSR count). The summed E-state index contributed by atoms with van der Waals surface area (Å²) in [5.74, 6) is -0.896. The van der Waals surface area contributed by atoms with Gasteiger partial charge < -0.3 is 14.6 Å². The molecule has 0 aliphatic carbocycles. The van der Waals surface area contributed by atoms with Gasteiger partial charge in [0.2, 0.25) is 0 Å². The van der Waals surface area contributed by atoms with Gasteiger partial charge in [-0.1, -0.05) is 12.1 Å². The van der Waals surface area contributed by atoms with Gasteiger partial charge >= 0.3 is 5.97 Å². The van der Waals surface area contributed by atoms with E-state index in [1.54, 1.807) is 33.7 Å². The predicted molar refractivity (Wildman–Crippen MR) is 102 cm³/mol. The van der Waals surface area contributed by atoms with Crippen LogP contribution < -0.4 is 5.56 Å². The maximum atomic E-state index is 12.8. The van der Waals surface area contributed by atoms with Crippen LogP contribution in [0.1, 0.15) is 45.3 Å². The third-order valence-electron chi connectivity index (χ3n) is 5.21. The Kier molecular flexibility index (Phi) is 5.44. The Morgan fingerprint density at radius 2 is 2.00 bits per heavy atom. The second kappa shape index (κ2) is 7.78. The minimum absolute atomic E-state index is 0.218. The summed E-state index contributed by atoms with van der Waals surface area (Å²) in [7, 11) is 0. The highest BCUT2D eigenvalue weighted by atomic mass is 16.4. The fourth-order valence-corrected chi connectivity index (χ4v) is 3.75. The quantitative estimate of drug-likeness (QED) is 0.880. The smallest absolute Gasteiger partial charge is 0.335 e. The summed E-state index contributed by atoms with van der Waals surface area (Å²) in [6, 6.07) is 10.4. The lowest BCUT2D eigenvalue weighted by Crippen LogP contribution is -2.36. The van der Waals surface area contributed by atoms with E-state index in [2.05, 4.69) is 0 Å². The number of rotatable bonds is 5. The van der Waals surface area contributed by atoms with Crippen molar-refractivity contribution in [1.82, 2.24) is 9.47 Å².